The minimum atomic E-state index is -0.470. The number of hydrogen-bond acceptors (Lipinski definition) is 3. The highest BCUT2D eigenvalue weighted by Gasteiger charge is 2.09. The first kappa shape index (κ1) is 11.2. The lowest BCUT2D eigenvalue weighted by atomic mass is 10.1. The molecule has 0 atom stereocenters. The van der Waals surface area contributed by atoms with Gasteiger partial charge in [-0.15, -0.1) is 0 Å². The molecule has 0 aromatic heterocycles. The molecule has 0 aliphatic heterocycles. The van der Waals surface area contributed by atoms with Crippen LogP contribution in [0, 0.1) is 0 Å². The maximum Gasteiger partial charge on any atom is 0.252 e. The van der Waals surface area contributed by atoms with E-state index in [9.17, 15) is 4.79 Å². The molecule has 0 aliphatic carbocycles. The van der Waals surface area contributed by atoms with Crippen molar-refractivity contribution in [1.29, 1.82) is 0 Å². The van der Waals surface area contributed by atoms with Gasteiger partial charge in [-0.2, -0.15) is 0 Å². The number of carbonyl (C=O) groups is 1. The first-order valence-electron chi connectivity index (χ1n) is 4.04. The van der Waals surface area contributed by atoms with Gasteiger partial charge in [0.1, 0.15) is 0 Å². The molecule has 0 aliphatic rings. The van der Waals surface area contributed by atoms with Crippen molar-refractivity contribution in [3.05, 3.63) is 35.4 Å². The SMILES string of the molecule is COC(OC)c1ccc(C(=O)Cl)cc1. The molecule has 4 heteroatoms. The molecule has 1 aromatic rings. The molecule has 0 saturated carbocycles. The third kappa shape index (κ3) is 2.54. The van der Waals surface area contributed by atoms with Crippen molar-refractivity contribution < 1.29 is 14.3 Å². The predicted octanol–water partition coefficient (Wildman–Crippen LogP) is 2.36. The number of ether oxygens (including phenoxy) is 2. The summed E-state index contributed by atoms with van der Waals surface area (Å²) in [5.41, 5.74) is 1.30. The van der Waals surface area contributed by atoms with E-state index in [4.69, 9.17) is 21.1 Å². The van der Waals surface area contributed by atoms with Crippen molar-refractivity contribution in [2.24, 2.45) is 0 Å². The minimum Gasteiger partial charge on any atom is -0.352 e. The average Bonchev–Trinajstić information content (AvgIpc) is 2.20. The van der Waals surface area contributed by atoms with E-state index in [1.165, 1.54) is 0 Å². The van der Waals surface area contributed by atoms with Crippen LogP contribution in [-0.4, -0.2) is 19.5 Å². The summed E-state index contributed by atoms with van der Waals surface area (Å²) >= 11 is 5.30. The van der Waals surface area contributed by atoms with Gasteiger partial charge in [0.15, 0.2) is 6.29 Å². The summed E-state index contributed by atoms with van der Waals surface area (Å²) in [5, 5.41) is -0.470. The Bertz CT molecular complexity index is 304. The normalized spacial score (nSPS) is 10.6. The van der Waals surface area contributed by atoms with E-state index in [2.05, 4.69) is 0 Å². The standard InChI is InChI=1S/C10H11ClO3/c1-13-10(14-2)8-5-3-7(4-6-8)9(11)12/h3-6,10H,1-2H3. The van der Waals surface area contributed by atoms with Crippen LogP contribution in [-0.2, 0) is 9.47 Å². The molecule has 0 N–H and O–H groups in total. The first-order chi connectivity index (χ1) is 6.69. The number of rotatable bonds is 4. The molecule has 1 aromatic carbocycles. The van der Waals surface area contributed by atoms with E-state index in [1.807, 2.05) is 0 Å². The average molecular weight is 215 g/mol. The smallest absolute Gasteiger partial charge is 0.252 e. The summed E-state index contributed by atoms with van der Waals surface area (Å²) in [4.78, 5) is 10.8. The molecular weight excluding hydrogens is 204 g/mol. The maximum absolute atomic E-state index is 10.8. The molecule has 0 unspecified atom stereocenters. The topological polar surface area (TPSA) is 35.5 Å². The van der Waals surface area contributed by atoms with Gasteiger partial charge in [-0.1, -0.05) is 12.1 Å². The lowest BCUT2D eigenvalue weighted by Crippen LogP contribution is -2.03. The molecule has 0 fully saturated rings. The van der Waals surface area contributed by atoms with E-state index in [1.54, 1.807) is 38.5 Å². The van der Waals surface area contributed by atoms with E-state index in [0.717, 1.165) is 5.56 Å². The Hall–Kier alpha value is -0.900. The molecule has 3 nitrogen and oxygen atoms in total. The third-order valence-corrected chi connectivity index (χ3v) is 2.06. The van der Waals surface area contributed by atoms with Crippen molar-refractivity contribution in [1.82, 2.24) is 0 Å². The quantitative estimate of drug-likeness (QED) is 0.570. The second kappa shape index (κ2) is 5.10. The monoisotopic (exact) mass is 214 g/mol. The van der Waals surface area contributed by atoms with Gasteiger partial charge in [0, 0.05) is 25.3 Å². The molecule has 0 radical (unpaired) electrons. The summed E-state index contributed by atoms with van der Waals surface area (Å²) in [6, 6.07) is 6.76. The van der Waals surface area contributed by atoms with Gasteiger partial charge in [0.05, 0.1) is 0 Å². The Kier molecular flexibility index (Phi) is 4.07. The Labute approximate surface area is 87.6 Å². The highest BCUT2D eigenvalue weighted by molar-refractivity contribution is 6.67. The van der Waals surface area contributed by atoms with Crippen LogP contribution in [0.15, 0.2) is 24.3 Å². The summed E-state index contributed by atoms with van der Waals surface area (Å²) in [5.74, 6) is 0. The number of hydrogen-bond donors (Lipinski definition) is 0. The molecule has 1 rings (SSSR count). The number of halogens is 1. The predicted molar refractivity (Wildman–Crippen MR) is 53.4 cm³/mol. The Morgan fingerprint density at radius 2 is 1.71 bits per heavy atom. The lowest BCUT2D eigenvalue weighted by Gasteiger charge is -2.13. The van der Waals surface area contributed by atoms with Crippen LogP contribution in [0.3, 0.4) is 0 Å². The molecule has 14 heavy (non-hydrogen) atoms. The summed E-state index contributed by atoms with van der Waals surface area (Å²) < 4.78 is 10.1. The van der Waals surface area contributed by atoms with Crippen LogP contribution < -0.4 is 0 Å². The molecule has 0 bridgehead atoms. The largest absolute Gasteiger partial charge is 0.352 e. The van der Waals surface area contributed by atoms with Crippen LogP contribution in [0.1, 0.15) is 22.2 Å². The fourth-order valence-corrected chi connectivity index (χ4v) is 1.27. The Morgan fingerprint density at radius 3 is 2.07 bits per heavy atom. The number of carbonyl (C=O) groups excluding carboxylic acids is 1. The molecule has 0 amide bonds. The number of methoxy groups -OCH3 is 2. The zero-order chi connectivity index (χ0) is 10.6. The van der Waals surface area contributed by atoms with Crippen LogP contribution in [0.5, 0.6) is 0 Å². The number of benzene rings is 1. The highest BCUT2D eigenvalue weighted by atomic mass is 35.5. The molecule has 0 saturated heterocycles. The molecule has 0 spiro atoms. The van der Waals surface area contributed by atoms with Crippen LogP contribution in [0.2, 0.25) is 0 Å². The molecule has 76 valence electrons. The fraction of sp³-hybridized carbons (Fsp3) is 0.300. The summed E-state index contributed by atoms with van der Waals surface area (Å²) in [6.45, 7) is 0. The van der Waals surface area contributed by atoms with Gasteiger partial charge in [-0.05, 0) is 23.7 Å². The van der Waals surface area contributed by atoms with Crippen LogP contribution >= 0.6 is 11.6 Å². The van der Waals surface area contributed by atoms with Crippen LogP contribution in [0.4, 0.5) is 0 Å². The van der Waals surface area contributed by atoms with Gasteiger partial charge in [-0.3, -0.25) is 4.79 Å². The maximum atomic E-state index is 10.8. The second-order valence-corrected chi connectivity index (χ2v) is 3.04. The van der Waals surface area contributed by atoms with Crippen LogP contribution in [0.25, 0.3) is 0 Å². The third-order valence-electron chi connectivity index (χ3n) is 1.84. The minimum absolute atomic E-state index is 0.408. The van der Waals surface area contributed by atoms with Gasteiger partial charge < -0.3 is 9.47 Å². The Balaban J connectivity index is 2.87. The van der Waals surface area contributed by atoms with E-state index < -0.39 is 11.5 Å². The van der Waals surface area contributed by atoms with E-state index in [0.29, 0.717) is 5.56 Å². The molecule has 0 heterocycles. The molecular formula is C10H11ClO3. The van der Waals surface area contributed by atoms with Gasteiger partial charge in [0.2, 0.25) is 0 Å². The van der Waals surface area contributed by atoms with Crippen molar-refractivity contribution in [2.75, 3.05) is 14.2 Å². The van der Waals surface area contributed by atoms with Crippen molar-refractivity contribution in [3.8, 4) is 0 Å². The first-order valence-corrected chi connectivity index (χ1v) is 4.42. The second-order valence-electron chi connectivity index (χ2n) is 2.70. The Morgan fingerprint density at radius 1 is 1.21 bits per heavy atom. The van der Waals surface area contributed by atoms with Crippen molar-refractivity contribution in [2.45, 2.75) is 6.29 Å². The zero-order valence-electron chi connectivity index (χ0n) is 7.99. The van der Waals surface area contributed by atoms with Gasteiger partial charge in [-0.25, -0.2) is 0 Å². The van der Waals surface area contributed by atoms with Gasteiger partial charge in [0.25, 0.3) is 5.24 Å². The van der Waals surface area contributed by atoms with Crippen molar-refractivity contribution in [3.63, 3.8) is 0 Å². The van der Waals surface area contributed by atoms with Gasteiger partial charge >= 0.3 is 0 Å². The van der Waals surface area contributed by atoms with Crippen molar-refractivity contribution >= 4 is 16.8 Å². The van der Waals surface area contributed by atoms with E-state index in [-0.39, 0.29) is 0 Å². The summed E-state index contributed by atoms with van der Waals surface area (Å²) in [6.07, 6.45) is -0.408. The van der Waals surface area contributed by atoms with E-state index >= 15 is 0 Å². The fourth-order valence-electron chi connectivity index (χ4n) is 1.14. The summed E-state index contributed by atoms with van der Waals surface area (Å²) in [7, 11) is 3.10. The zero-order valence-corrected chi connectivity index (χ0v) is 8.75. The lowest BCUT2D eigenvalue weighted by molar-refractivity contribution is -0.106. The highest BCUT2D eigenvalue weighted by Crippen LogP contribution is 2.18.